The highest BCUT2D eigenvalue weighted by atomic mass is 35.5. The summed E-state index contributed by atoms with van der Waals surface area (Å²) in [4.78, 5) is 37.1. The topological polar surface area (TPSA) is 139 Å². The maximum absolute atomic E-state index is 12.6. The fourth-order valence-corrected chi connectivity index (χ4v) is 6.97. The highest BCUT2D eigenvalue weighted by Crippen LogP contribution is 2.43. The fraction of sp³-hybridized carbons (Fsp3) is 0.526. The van der Waals surface area contributed by atoms with Gasteiger partial charge in [-0.3, -0.25) is 9.59 Å². The number of carbonyl (C=O) groups excluding carboxylic acids is 2. The van der Waals surface area contributed by atoms with E-state index in [1.165, 1.54) is 0 Å². The van der Waals surface area contributed by atoms with Gasteiger partial charge in [0.25, 0.3) is 12.2 Å². The lowest BCUT2D eigenvalue weighted by atomic mass is 10.1. The molecule has 55 heavy (non-hydrogen) atoms. The van der Waals surface area contributed by atoms with E-state index in [2.05, 4.69) is 34.3 Å². The van der Waals surface area contributed by atoms with Crippen molar-refractivity contribution < 1.29 is 27.2 Å². The van der Waals surface area contributed by atoms with Crippen molar-refractivity contribution in [3.63, 3.8) is 0 Å². The van der Waals surface area contributed by atoms with E-state index in [9.17, 15) is 27.2 Å². The average molecular weight is 787 g/mol. The standard InChI is InChI=1S/C19H23F2N5O.C16H15ClF2N4O.C3H9N/c1-2-7-22-16-5-6-17-23-19(13-3-4-13)14(26(17)24-16)11-25-10-12(8-15(20)21)9-18(25)27;17-12-3-4-14-20-16(10-1-2-10)11(23(14)21-12)8-22-7-9(5-13(18)19)6-15(22)24;1-2-3-4/h5-6,8,12-13H,2-4,7,9-11H2,1H3,(H,22,24);3-5,9-10H,1-2,6-8H2;2-4H2,1H3. The summed E-state index contributed by atoms with van der Waals surface area (Å²) in [5.74, 6) is 0.454. The maximum atomic E-state index is 12.6. The van der Waals surface area contributed by atoms with Crippen LogP contribution in [-0.4, -0.2) is 77.0 Å². The van der Waals surface area contributed by atoms with Gasteiger partial charge >= 0.3 is 0 Å². The minimum Gasteiger partial charge on any atom is -0.369 e. The Morgan fingerprint density at radius 3 is 1.69 bits per heavy atom. The van der Waals surface area contributed by atoms with Crippen LogP contribution in [0.1, 0.15) is 99.8 Å². The van der Waals surface area contributed by atoms with Crippen molar-refractivity contribution in [3.05, 3.63) is 76.5 Å². The highest BCUT2D eigenvalue weighted by molar-refractivity contribution is 6.29. The first kappa shape index (κ1) is 40.1. The molecule has 2 amide bonds. The third kappa shape index (κ3) is 10.2. The molecule has 0 aromatic carbocycles. The fourth-order valence-electron chi connectivity index (χ4n) is 6.83. The lowest BCUT2D eigenvalue weighted by molar-refractivity contribution is -0.129. The summed E-state index contributed by atoms with van der Waals surface area (Å²) in [5, 5.41) is 12.6. The van der Waals surface area contributed by atoms with Gasteiger partial charge in [0.2, 0.25) is 11.8 Å². The lowest BCUT2D eigenvalue weighted by Gasteiger charge is -2.16. The minimum absolute atomic E-state index is 0.102. The van der Waals surface area contributed by atoms with Crippen LogP contribution in [0, 0.1) is 11.8 Å². The van der Waals surface area contributed by atoms with Gasteiger partial charge in [-0.05, 0) is 81.5 Å². The second kappa shape index (κ2) is 17.9. The van der Waals surface area contributed by atoms with E-state index in [4.69, 9.17) is 22.3 Å². The molecule has 4 fully saturated rings. The van der Waals surface area contributed by atoms with Gasteiger partial charge < -0.3 is 20.9 Å². The molecule has 4 aromatic heterocycles. The summed E-state index contributed by atoms with van der Waals surface area (Å²) in [5.41, 5.74) is 10.1. The number of hydrogen-bond acceptors (Lipinski definition) is 8. The van der Waals surface area contributed by atoms with Crippen molar-refractivity contribution in [1.82, 2.24) is 39.0 Å². The number of aromatic nitrogens is 6. The van der Waals surface area contributed by atoms with Crippen molar-refractivity contribution in [2.45, 2.75) is 90.1 Å². The molecule has 2 saturated carbocycles. The van der Waals surface area contributed by atoms with Crippen LogP contribution in [0.4, 0.5) is 23.4 Å². The molecule has 0 radical (unpaired) electrons. The van der Waals surface area contributed by atoms with Crippen LogP contribution in [0.15, 0.2) is 48.6 Å². The Balaban J connectivity index is 0.000000172. The molecule has 0 bridgehead atoms. The molecule has 6 heterocycles. The maximum Gasteiger partial charge on any atom is 0.266 e. The van der Waals surface area contributed by atoms with Gasteiger partial charge in [-0.1, -0.05) is 25.4 Å². The molecule has 4 aromatic rings. The van der Waals surface area contributed by atoms with Crippen molar-refractivity contribution in [2.75, 3.05) is 31.5 Å². The number of amides is 2. The van der Waals surface area contributed by atoms with Crippen LogP contribution in [0.2, 0.25) is 5.15 Å². The number of anilines is 1. The van der Waals surface area contributed by atoms with Gasteiger partial charge in [-0.25, -0.2) is 19.0 Å². The summed E-state index contributed by atoms with van der Waals surface area (Å²) in [6.45, 7) is 7.05. The number of fused-ring (bicyclic) bond motifs is 2. The van der Waals surface area contributed by atoms with Gasteiger partial charge in [0.05, 0.1) is 35.9 Å². The molecular formula is C38H47ClF4N10O2. The first-order valence-corrected chi connectivity index (χ1v) is 19.3. The Hall–Kier alpha value is -4.57. The van der Waals surface area contributed by atoms with Crippen LogP contribution >= 0.6 is 11.6 Å². The number of nitrogens with one attached hydrogen (secondary N) is 1. The van der Waals surface area contributed by atoms with Crippen LogP contribution in [0.25, 0.3) is 11.3 Å². The summed E-state index contributed by atoms with van der Waals surface area (Å²) in [6, 6.07) is 7.30. The molecule has 2 unspecified atom stereocenters. The quantitative estimate of drug-likeness (QED) is 0.143. The first-order chi connectivity index (χ1) is 26.5. The Labute approximate surface area is 321 Å². The van der Waals surface area contributed by atoms with Crippen LogP contribution in [0.5, 0.6) is 0 Å². The Kier molecular flexibility index (Phi) is 13.1. The van der Waals surface area contributed by atoms with Gasteiger partial charge in [-0.2, -0.15) is 22.7 Å². The van der Waals surface area contributed by atoms with E-state index in [0.29, 0.717) is 42.3 Å². The van der Waals surface area contributed by atoms with E-state index in [0.717, 1.165) is 98.0 Å². The van der Waals surface area contributed by atoms with Crippen molar-refractivity contribution >= 4 is 40.5 Å². The second-order valence-electron chi connectivity index (χ2n) is 14.5. The van der Waals surface area contributed by atoms with Crippen LogP contribution in [0.3, 0.4) is 0 Å². The molecule has 2 atom stereocenters. The van der Waals surface area contributed by atoms with E-state index >= 15 is 0 Å². The molecule has 4 aliphatic rings. The van der Waals surface area contributed by atoms with Crippen LogP contribution < -0.4 is 11.1 Å². The van der Waals surface area contributed by atoms with Gasteiger partial charge in [0.1, 0.15) is 11.0 Å². The number of rotatable bonds is 12. The van der Waals surface area contributed by atoms with Gasteiger partial charge in [0.15, 0.2) is 11.3 Å². The molecule has 2 aliphatic heterocycles. The van der Waals surface area contributed by atoms with E-state index < -0.39 is 24.0 Å². The van der Waals surface area contributed by atoms with Crippen molar-refractivity contribution in [1.29, 1.82) is 0 Å². The smallest absolute Gasteiger partial charge is 0.266 e. The van der Waals surface area contributed by atoms with Gasteiger partial charge in [-0.15, -0.1) is 5.10 Å². The third-order valence-electron chi connectivity index (χ3n) is 9.84. The third-order valence-corrected chi connectivity index (χ3v) is 10.0. The molecule has 17 heteroatoms. The largest absolute Gasteiger partial charge is 0.369 e. The number of carbonyl (C=O) groups is 2. The predicted molar refractivity (Wildman–Crippen MR) is 201 cm³/mol. The zero-order valence-electron chi connectivity index (χ0n) is 31.0. The number of likely N-dealkylation sites (tertiary alicyclic amines) is 2. The van der Waals surface area contributed by atoms with Crippen molar-refractivity contribution in [3.8, 4) is 0 Å². The molecule has 3 N–H and O–H groups in total. The highest BCUT2D eigenvalue weighted by Gasteiger charge is 2.36. The molecule has 8 rings (SSSR count). The Morgan fingerprint density at radius 1 is 0.782 bits per heavy atom. The Morgan fingerprint density at radius 2 is 1.25 bits per heavy atom. The number of nitrogens with two attached hydrogens (primary N) is 1. The van der Waals surface area contributed by atoms with Gasteiger partial charge in [0, 0.05) is 56.1 Å². The number of hydrogen-bond donors (Lipinski definition) is 2. The zero-order chi connectivity index (χ0) is 39.2. The SMILES string of the molecule is CCCN.CCCNc1ccc2nc(C3CC3)c(CN3CC(C=C(F)F)CC3=O)n2n1.O=C1CC(C=C(F)F)CN1Cc1c(C2CC2)nc2ccc(Cl)nn12. The molecular weight excluding hydrogens is 740 g/mol. The number of nitrogens with zero attached hydrogens (tertiary/aromatic N) is 8. The molecule has 12 nitrogen and oxygen atoms in total. The minimum atomic E-state index is -1.74. The number of halogens is 5. The summed E-state index contributed by atoms with van der Waals surface area (Å²) in [7, 11) is 0. The van der Waals surface area contributed by atoms with Crippen LogP contribution in [-0.2, 0) is 22.7 Å². The van der Waals surface area contributed by atoms with E-state index in [1.54, 1.807) is 31.0 Å². The molecule has 296 valence electrons. The first-order valence-electron chi connectivity index (χ1n) is 19.0. The molecule has 0 spiro atoms. The normalized spacial score (nSPS) is 19.3. The predicted octanol–water partition coefficient (Wildman–Crippen LogP) is 7.30. The summed E-state index contributed by atoms with van der Waals surface area (Å²) >= 11 is 5.99. The number of imidazole rings is 2. The average Bonchev–Trinajstić information content (AvgIpc) is 4.06. The van der Waals surface area contributed by atoms with Crippen molar-refractivity contribution in [2.24, 2.45) is 17.6 Å². The second-order valence-corrected chi connectivity index (χ2v) is 14.8. The summed E-state index contributed by atoms with van der Waals surface area (Å²) in [6.07, 6.45) is 4.93. The molecule has 2 saturated heterocycles. The lowest BCUT2D eigenvalue weighted by Crippen LogP contribution is -2.26. The van der Waals surface area contributed by atoms with E-state index in [-0.39, 0.29) is 31.2 Å². The Bertz CT molecular complexity index is 2050. The zero-order valence-corrected chi connectivity index (χ0v) is 31.8. The van der Waals surface area contributed by atoms with E-state index in [1.807, 2.05) is 12.1 Å². The monoisotopic (exact) mass is 786 g/mol. The summed E-state index contributed by atoms with van der Waals surface area (Å²) < 4.78 is 53.5. The molecule has 2 aliphatic carbocycles.